The third-order valence-corrected chi connectivity index (χ3v) is 5.18. The zero-order valence-electron chi connectivity index (χ0n) is 15.5. The molecule has 0 spiro atoms. The molecule has 4 rings (SSSR count). The summed E-state index contributed by atoms with van der Waals surface area (Å²) in [4.78, 5) is 7.86. The van der Waals surface area contributed by atoms with Crippen LogP contribution in [-0.2, 0) is 6.18 Å². The SMILES string of the molecule is CCNc1nc(Nc2cn(C3CC3(C)C#N)nc2C2CC2)ncc1C(F)(F)F. The van der Waals surface area contributed by atoms with E-state index >= 15 is 0 Å². The fraction of sp³-hybridized carbons (Fsp3) is 0.556. The molecule has 2 saturated carbocycles. The summed E-state index contributed by atoms with van der Waals surface area (Å²) in [5.41, 5.74) is 0.200. The van der Waals surface area contributed by atoms with Gasteiger partial charge in [0.1, 0.15) is 11.4 Å². The second-order valence-electron chi connectivity index (χ2n) is 7.54. The number of hydrogen-bond donors (Lipinski definition) is 2. The van der Waals surface area contributed by atoms with Gasteiger partial charge in [0.05, 0.1) is 28.9 Å². The molecule has 10 heteroatoms. The van der Waals surface area contributed by atoms with Gasteiger partial charge >= 0.3 is 6.18 Å². The Morgan fingerprint density at radius 3 is 2.71 bits per heavy atom. The molecule has 2 unspecified atom stereocenters. The van der Waals surface area contributed by atoms with Gasteiger partial charge in [-0.3, -0.25) is 4.68 Å². The van der Waals surface area contributed by atoms with Crippen molar-refractivity contribution in [2.75, 3.05) is 17.2 Å². The van der Waals surface area contributed by atoms with Crippen LogP contribution in [0.25, 0.3) is 0 Å². The fourth-order valence-corrected chi connectivity index (χ4v) is 3.24. The highest BCUT2D eigenvalue weighted by molar-refractivity contribution is 5.59. The maximum atomic E-state index is 13.1. The van der Waals surface area contributed by atoms with E-state index in [2.05, 4.69) is 31.8 Å². The van der Waals surface area contributed by atoms with E-state index in [-0.39, 0.29) is 17.8 Å². The van der Waals surface area contributed by atoms with Crippen molar-refractivity contribution in [2.24, 2.45) is 5.41 Å². The minimum Gasteiger partial charge on any atom is -0.370 e. The van der Waals surface area contributed by atoms with Crippen molar-refractivity contribution in [3.05, 3.63) is 23.7 Å². The van der Waals surface area contributed by atoms with Gasteiger partial charge in [-0.25, -0.2) is 4.98 Å². The monoisotopic (exact) mass is 391 g/mol. The van der Waals surface area contributed by atoms with E-state index in [9.17, 15) is 18.4 Å². The first kappa shape index (κ1) is 18.5. The Morgan fingerprint density at radius 1 is 1.39 bits per heavy atom. The highest BCUT2D eigenvalue weighted by atomic mass is 19.4. The summed E-state index contributed by atoms with van der Waals surface area (Å²) >= 11 is 0. The molecule has 0 aliphatic heterocycles. The smallest absolute Gasteiger partial charge is 0.370 e. The lowest BCUT2D eigenvalue weighted by Crippen LogP contribution is -2.14. The summed E-state index contributed by atoms with van der Waals surface area (Å²) in [6.07, 6.45) is 0.811. The van der Waals surface area contributed by atoms with Crippen molar-refractivity contribution in [1.82, 2.24) is 19.7 Å². The predicted octanol–water partition coefficient (Wildman–Crippen LogP) is 4.22. The normalized spacial score (nSPS) is 23.9. The number of rotatable bonds is 6. The van der Waals surface area contributed by atoms with Gasteiger partial charge in [0, 0.05) is 24.9 Å². The molecule has 0 saturated heterocycles. The first-order valence-electron chi connectivity index (χ1n) is 9.20. The number of anilines is 3. The topological polar surface area (TPSA) is 91.5 Å². The number of nitriles is 1. The van der Waals surface area contributed by atoms with Crippen LogP contribution in [0.2, 0.25) is 0 Å². The Hall–Kier alpha value is -2.83. The van der Waals surface area contributed by atoms with E-state index in [1.54, 1.807) is 17.8 Å². The van der Waals surface area contributed by atoms with Gasteiger partial charge in [-0.15, -0.1) is 0 Å². The standard InChI is InChI=1S/C18H20F3N7/c1-3-23-15-11(18(19,20)21)7-24-16(26-15)25-12-8-28(13-6-17(13,2)9-22)27-14(12)10-4-5-10/h7-8,10,13H,3-6H2,1-2H3,(H2,23,24,25,26). The molecule has 0 amide bonds. The first-order chi connectivity index (χ1) is 13.2. The van der Waals surface area contributed by atoms with Crippen LogP contribution >= 0.6 is 0 Å². The molecule has 0 aromatic carbocycles. The quantitative estimate of drug-likeness (QED) is 0.766. The average Bonchev–Trinajstić information content (AvgIpc) is 3.54. The lowest BCUT2D eigenvalue weighted by molar-refractivity contribution is -0.137. The summed E-state index contributed by atoms with van der Waals surface area (Å²) < 4.78 is 41.2. The molecule has 2 aliphatic rings. The maximum Gasteiger partial charge on any atom is 0.421 e. The fourth-order valence-electron chi connectivity index (χ4n) is 3.24. The molecule has 148 valence electrons. The van der Waals surface area contributed by atoms with Crippen LogP contribution in [0.5, 0.6) is 0 Å². The highest BCUT2D eigenvalue weighted by Gasteiger charge is 2.53. The Kier molecular flexibility index (Phi) is 4.21. The van der Waals surface area contributed by atoms with Crippen molar-refractivity contribution in [3.63, 3.8) is 0 Å². The van der Waals surface area contributed by atoms with Gasteiger partial charge in [-0.2, -0.15) is 28.5 Å². The van der Waals surface area contributed by atoms with Gasteiger partial charge in [0.2, 0.25) is 5.95 Å². The van der Waals surface area contributed by atoms with Crippen LogP contribution in [0.1, 0.15) is 56.3 Å². The van der Waals surface area contributed by atoms with Crippen LogP contribution in [-0.4, -0.2) is 26.3 Å². The molecule has 2 aliphatic carbocycles. The van der Waals surface area contributed by atoms with E-state index in [1.165, 1.54) is 0 Å². The van der Waals surface area contributed by atoms with Gasteiger partial charge in [-0.05, 0) is 33.1 Å². The van der Waals surface area contributed by atoms with Gasteiger partial charge in [-0.1, -0.05) is 0 Å². The van der Waals surface area contributed by atoms with Crippen LogP contribution < -0.4 is 10.6 Å². The molecular weight excluding hydrogens is 371 g/mol. The number of alkyl halides is 3. The molecule has 2 atom stereocenters. The van der Waals surface area contributed by atoms with Crippen molar-refractivity contribution in [3.8, 4) is 6.07 Å². The molecule has 0 radical (unpaired) electrons. The van der Waals surface area contributed by atoms with E-state index < -0.39 is 17.2 Å². The van der Waals surface area contributed by atoms with Crippen LogP contribution in [0.3, 0.4) is 0 Å². The molecular formula is C18H20F3N7. The minimum atomic E-state index is -4.53. The Bertz CT molecular complexity index is 942. The van der Waals surface area contributed by atoms with Crippen LogP contribution in [0, 0.1) is 16.7 Å². The molecule has 2 N–H and O–H groups in total. The Morgan fingerprint density at radius 2 is 2.14 bits per heavy atom. The molecule has 2 aromatic heterocycles. The Labute approximate surface area is 160 Å². The number of nitrogens with zero attached hydrogens (tertiary/aromatic N) is 5. The Balaban J connectivity index is 1.63. The molecule has 2 fully saturated rings. The lowest BCUT2D eigenvalue weighted by atomic mass is 10.2. The second kappa shape index (κ2) is 6.36. The molecule has 2 heterocycles. The lowest BCUT2D eigenvalue weighted by Gasteiger charge is -2.13. The summed E-state index contributed by atoms with van der Waals surface area (Å²) in [5, 5.41) is 19.6. The van der Waals surface area contributed by atoms with Crippen molar-refractivity contribution in [2.45, 2.75) is 51.2 Å². The summed E-state index contributed by atoms with van der Waals surface area (Å²) in [6, 6.07) is 2.32. The first-order valence-corrected chi connectivity index (χ1v) is 9.20. The van der Waals surface area contributed by atoms with Crippen molar-refractivity contribution >= 4 is 17.5 Å². The molecule has 2 aromatic rings. The van der Waals surface area contributed by atoms with E-state index in [4.69, 9.17) is 0 Å². The van der Waals surface area contributed by atoms with Crippen LogP contribution in [0.4, 0.5) is 30.6 Å². The number of hydrogen-bond acceptors (Lipinski definition) is 6. The third-order valence-electron chi connectivity index (χ3n) is 5.18. The maximum absolute atomic E-state index is 13.1. The summed E-state index contributed by atoms with van der Waals surface area (Å²) in [7, 11) is 0. The molecule has 7 nitrogen and oxygen atoms in total. The van der Waals surface area contributed by atoms with E-state index in [0.717, 1.165) is 31.2 Å². The summed E-state index contributed by atoms with van der Waals surface area (Å²) in [6.45, 7) is 3.90. The number of nitrogens with one attached hydrogen (secondary N) is 2. The zero-order chi connectivity index (χ0) is 20.1. The average molecular weight is 391 g/mol. The van der Waals surface area contributed by atoms with Gasteiger partial charge < -0.3 is 10.6 Å². The minimum absolute atomic E-state index is 0.0105. The molecule has 0 bridgehead atoms. The largest absolute Gasteiger partial charge is 0.421 e. The van der Waals surface area contributed by atoms with Crippen molar-refractivity contribution < 1.29 is 13.2 Å². The van der Waals surface area contributed by atoms with E-state index in [0.29, 0.717) is 18.2 Å². The molecule has 28 heavy (non-hydrogen) atoms. The third kappa shape index (κ3) is 3.37. The summed E-state index contributed by atoms with van der Waals surface area (Å²) in [5.74, 6) is 0.134. The number of aromatic nitrogens is 4. The van der Waals surface area contributed by atoms with Gasteiger partial charge in [0.25, 0.3) is 0 Å². The van der Waals surface area contributed by atoms with Crippen LogP contribution in [0.15, 0.2) is 12.4 Å². The number of halogens is 3. The predicted molar refractivity (Wildman–Crippen MR) is 96.1 cm³/mol. The van der Waals surface area contributed by atoms with E-state index in [1.807, 2.05) is 6.92 Å². The highest BCUT2D eigenvalue weighted by Crippen LogP contribution is 2.56. The zero-order valence-corrected chi connectivity index (χ0v) is 15.5. The second-order valence-corrected chi connectivity index (χ2v) is 7.54. The van der Waals surface area contributed by atoms with Crippen molar-refractivity contribution in [1.29, 1.82) is 5.26 Å². The van der Waals surface area contributed by atoms with Gasteiger partial charge in [0.15, 0.2) is 0 Å².